The third kappa shape index (κ3) is 2.96. The second-order valence-electron chi connectivity index (χ2n) is 6.21. The van der Waals surface area contributed by atoms with Crippen molar-refractivity contribution in [2.45, 2.75) is 32.0 Å². The minimum absolute atomic E-state index is 0.132. The fraction of sp³-hybridized carbons (Fsp3) is 0.312. The van der Waals surface area contributed by atoms with Crippen molar-refractivity contribution >= 4 is 46.3 Å². The Morgan fingerprint density at radius 2 is 2.04 bits per heavy atom. The van der Waals surface area contributed by atoms with Crippen molar-refractivity contribution in [1.82, 2.24) is 9.88 Å². The van der Waals surface area contributed by atoms with Crippen LogP contribution in [-0.4, -0.2) is 26.8 Å². The van der Waals surface area contributed by atoms with Crippen molar-refractivity contribution in [3.8, 4) is 0 Å². The van der Waals surface area contributed by atoms with Gasteiger partial charge in [0.15, 0.2) is 5.60 Å². The van der Waals surface area contributed by atoms with Crippen LogP contribution in [0.4, 0.5) is 0 Å². The van der Waals surface area contributed by atoms with Gasteiger partial charge in [-0.3, -0.25) is 0 Å². The van der Waals surface area contributed by atoms with E-state index < -0.39 is 11.6 Å². The summed E-state index contributed by atoms with van der Waals surface area (Å²) in [6.45, 7) is 3.07. The maximum absolute atomic E-state index is 11.0. The average molecular weight is 398 g/mol. The molecule has 0 saturated heterocycles. The molecule has 1 N–H and O–H groups in total. The summed E-state index contributed by atoms with van der Waals surface area (Å²) in [6.07, 6.45) is 0.574. The lowest BCUT2D eigenvalue weighted by Crippen LogP contribution is -2.29. The van der Waals surface area contributed by atoms with Gasteiger partial charge in [-0.2, -0.15) is 0 Å². The largest absolute Gasteiger partial charge is 0.476 e. The number of carboxylic acids is 1. The Morgan fingerprint density at radius 1 is 1.32 bits per heavy atom. The molecular weight excluding hydrogens is 385 g/mol. The number of oxime groups is 1. The Bertz CT molecular complexity index is 870. The molecule has 0 aliphatic carbocycles. The number of amidine groups is 1. The minimum Gasteiger partial charge on any atom is -0.476 e. The van der Waals surface area contributed by atoms with Crippen LogP contribution in [0.25, 0.3) is 0 Å². The minimum atomic E-state index is -0.988. The molecule has 1 unspecified atom stereocenters. The van der Waals surface area contributed by atoms with Gasteiger partial charge in [-0.1, -0.05) is 28.4 Å². The van der Waals surface area contributed by atoms with Gasteiger partial charge >= 0.3 is 5.97 Å². The summed E-state index contributed by atoms with van der Waals surface area (Å²) < 4.78 is 0. The molecule has 2 aliphatic heterocycles. The predicted molar refractivity (Wildman–Crippen MR) is 95.3 cm³/mol. The second-order valence-corrected chi connectivity index (χ2v) is 8.17. The standard InChI is InChI=1S/C16H13Cl2N3O3S/c1-16(8-2-9(17)4-10(18)3-8)5-13(20-24-16)21-6-11-12(7-21)25-14(19-11)15(22)23/h2-4H,5-7H2,1H3,(H,22,23). The zero-order chi connectivity index (χ0) is 17.8. The van der Waals surface area contributed by atoms with Crippen molar-refractivity contribution in [3.05, 3.63) is 49.4 Å². The van der Waals surface area contributed by atoms with Gasteiger partial charge in [-0.05, 0) is 25.1 Å². The van der Waals surface area contributed by atoms with Gasteiger partial charge in [0.2, 0.25) is 5.01 Å². The van der Waals surface area contributed by atoms with Gasteiger partial charge in [-0.25, -0.2) is 9.78 Å². The Hall–Kier alpha value is -1.83. The molecule has 4 rings (SSSR count). The highest BCUT2D eigenvalue weighted by molar-refractivity contribution is 7.13. The zero-order valence-corrected chi connectivity index (χ0v) is 15.5. The van der Waals surface area contributed by atoms with Crippen LogP contribution in [0.1, 0.15) is 39.3 Å². The molecule has 0 spiro atoms. The van der Waals surface area contributed by atoms with E-state index in [-0.39, 0.29) is 5.01 Å². The highest BCUT2D eigenvalue weighted by Gasteiger charge is 2.40. The van der Waals surface area contributed by atoms with E-state index in [1.54, 1.807) is 6.07 Å². The van der Waals surface area contributed by atoms with E-state index in [9.17, 15) is 4.79 Å². The molecule has 6 nitrogen and oxygen atoms in total. The average Bonchev–Trinajstić information content (AvgIpc) is 3.18. The third-order valence-corrected chi connectivity index (χ3v) is 5.83. The zero-order valence-electron chi connectivity index (χ0n) is 13.1. The van der Waals surface area contributed by atoms with Crippen molar-refractivity contribution in [2.24, 2.45) is 5.16 Å². The topological polar surface area (TPSA) is 75.0 Å². The van der Waals surface area contributed by atoms with E-state index in [0.717, 1.165) is 22.0 Å². The molecule has 25 heavy (non-hydrogen) atoms. The number of fused-ring (bicyclic) bond motifs is 1. The normalized spacial score (nSPS) is 21.9. The van der Waals surface area contributed by atoms with Gasteiger partial charge in [0.25, 0.3) is 0 Å². The lowest BCUT2D eigenvalue weighted by Gasteiger charge is -2.23. The van der Waals surface area contributed by atoms with Crippen molar-refractivity contribution in [2.75, 3.05) is 0 Å². The van der Waals surface area contributed by atoms with Gasteiger partial charge in [0, 0.05) is 20.5 Å². The molecule has 9 heteroatoms. The quantitative estimate of drug-likeness (QED) is 0.824. The number of nitrogens with zero attached hydrogens (tertiary/aromatic N) is 3. The first-order valence-corrected chi connectivity index (χ1v) is 9.10. The van der Waals surface area contributed by atoms with E-state index in [1.807, 2.05) is 19.1 Å². The molecule has 2 aromatic rings. The maximum Gasteiger partial charge on any atom is 0.365 e. The molecular formula is C16H13Cl2N3O3S. The summed E-state index contributed by atoms with van der Waals surface area (Å²) in [4.78, 5) is 23.9. The molecule has 0 radical (unpaired) electrons. The Morgan fingerprint density at radius 3 is 2.68 bits per heavy atom. The molecule has 0 bridgehead atoms. The Balaban J connectivity index is 1.51. The highest BCUT2D eigenvalue weighted by atomic mass is 35.5. The predicted octanol–water partition coefficient (Wildman–Crippen LogP) is 4.11. The van der Waals surface area contributed by atoms with Crippen molar-refractivity contribution in [1.29, 1.82) is 0 Å². The summed E-state index contributed by atoms with van der Waals surface area (Å²) in [5.74, 6) is -0.182. The van der Waals surface area contributed by atoms with E-state index in [0.29, 0.717) is 29.6 Å². The van der Waals surface area contributed by atoms with Crippen LogP contribution in [0.15, 0.2) is 23.4 Å². The number of hydrogen-bond acceptors (Lipinski definition) is 6. The van der Waals surface area contributed by atoms with Crippen LogP contribution in [0.3, 0.4) is 0 Å². The first-order valence-electron chi connectivity index (χ1n) is 7.52. The molecule has 2 aliphatic rings. The Labute approximate surface area is 157 Å². The van der Waals surface area contributed by atoms with Crippen molar-refractivity contribution in [3.63, 3.8) is 0 Å². The van der Waals surface area contributed by atoms with Gasteiger partial charge in [-0.15, -0.1) is 11.3 Å². The fourth-order valence-electron chi connectivity index (χ4n) is 3.02. The molecule has 1 atom stereocenters. The second kappa shape index (κ2) is 5.86. The number of carbonyl (C=O) groups is 1. The maximum atomic E-state index is 11.0. The summed E-state index contributed by atoms with van der Waals surface area (Å²) >= 11 is 13.4. The van der Waals surface area contributed by atoms with Crippen LogP contribution in [0.5, 0.6) is 0 Å². The number of benzene rings is 1. The molecule has 1 aromatic heterocycles. The third-order valence-electron chi connectivity index (χ3n) is 4.32. The van der Waals surface area contributed by atoms with Crippen LogP contribution in [-0.2, 0) is 23.5 Å². The van der Waals surface area contributed by atoms with Crippen LogP contribution < -0.4 is 0 Å². The van der Waals surface area contributed by atoms with E-state index in [4.69, 9.17) is 33.1 Å². The molecule has 1 aromatic carbocycles. The lowest BCUT2D eigenvalue weighted by molar-refractivity contribution is -0.00738. The Kier molecular flexibility index (Phi) is 3.90. The first-order chi connectivity index (χ1) is 11.8. The highest BCUT2D eigenvalue weighted by Crippen LogP contribution is 2.39. The van der Waals surface area contributed by atoms with Gasteiger partial charge < -0.3 is 14.8 Å². The number of hydrogen-bond donors (Lipinski definition) is 1. The van der Waals surface area contributed by atoms with Crippen LogP contribution >= 0.6 is 34.5 Å². The summed E-state index contributed by atoms with van der Waals surface area (Å²) in [7, 11) is 0. The van der Waals surface area contributed by atoms with Gasteiger partial charge in [0.05, 0.1) is 25.2 Å². The summed E-state index contributed by atoms with van der Waals surface area (Å²) in [5.41, 5.74) is 1.02. The van der Waals surface area contributed by atoms with E-state index >= 15 is 0 Å². The SMILES string of the molecule is CC1(c2cc(Cl)cc(Cl)c2)CC(N2Cc3nc(C(=O)O)sc3C2)=NO1. The molecule has 0 amide bonds. The van der Waals surface area contributed by atoms with Crippen molar-refractivity contribution < 1.29 is 14.7 Å². The van der Waals surface area contributed by atoms with Crippen LogP contribution in [0, 0.1) is 0 Å². The molecule has 130 valence electrons. The van der Waals surface area contributed by atoms with Gasteiger partial charge in [0.1, 0.15) is 5.84 Å². The van der Waals surface area contributed by atoms with E-state index in [1.165, 1.54) is 11.3 Å². The number of thiazole rings is 1. The number of aromatic nitrogens is 1. The summed E-state index contributed by atoms with van der Waals surface area (Å²) in [6, 6.07) is 5.33. The molecule has 3 heterocycles. The van der Waals surface area contributed by atoms with Crippen LogP contribution in [0.2, 0.25) is 10.0 Å². The van der Waals surface area contributed by atoms with E-state index in [2.05, 4.69) is 15.0 Å². The number of aromatic carboxylic acids is 1. The smallest absolute Gasteiger partial charge is 0.365 e. The monoisotopic (exact) mass is 397 g/mol. The summed E-state index contributed by atoms with van der Waals surface area (Å²) in [5, 5.41) is 14.5. The number of halogens is 2. The first kappa shape index (κ1) is 16.6. The lowest BCUT2D eigenvalue weighted by atomic mass is 9.92. The molecule has 0 saturated carbocycles. The number of rotatable bonds is 2. The fourth-order valence-corrected chi connectivity index (χ4v) is 4.47. The molecule has 0 fully saturated rings. The number of carboxylic acid groups (broad SMARTS) is 1.